The highest BCUT2D eigenvalue weighted by Crippen LogP contribution is 2.17. The zero-order valence-corrected chi connectivity index (χ0v) is 7.63. The van der Waals surface area contributed by atoms with Gasteiger partial charge >= 0.3 is 0 Å². The molecule has 1 aromatic heterocycles. The topological polar surface area (TPSA) is 17.8 Å². The minimum atomic E-state index is -0.475. The summed E-state index contributed by atoms with van der Waals surface area (Å²) >= 11 is 0. The molecule has 12 heavy (non-hydrogen) atoms. The summed E-state index contributed by atoms with van der Waals surface area (Å²) < 4.78 is 14.6. The van der Waals surface area contributed by atoms with Crippen molar-refractivity contribution in [1.29, 1.82) is 0 Å². The molecule has 0 aliphatic heterocycles. The maximum atomic E-state index is 12.8. The highest BCUT2D eigenvalue weighted by atomic mass is 19.1. The van der Waals surface area contributed by atoms with Crippen LogP contribution in [0.1, 0.15) is 31.4 Å². The molecule has 0 aromatic carbocycles. The highest BCUT2D eigenvalue weighted by molar-refractivity contribution is 5.49. The lowest BCUT2D eigenvalue weighted by Crippen LogP contribution is -2.02. The van der Waals surface area contributed by atoms with Crippen LogP contribution in [0.3, 0.4) is 0 Å². The molecule has 0 spiro atoms. The van der Waals surface area contributed by atoms with E-state index >= 15 is 0 Å². The SMILES string of the molecule is C=C(F)c1nc(C)cn1C(C)C. The van der Waals surface area contributed by atoms with Crippen LogP contribution in [0.25, 0.3) is 5.83 Å². The predicted octanol–water partition coefficient (Wildman–Crippen LogP) is 2.71. The van der Waals surface area contributed by atoms with E-state index in [-0.39, 0.29) is 6.04 Å². The van der Waals surface area contributed by atoms with Gasteiger partial charge in [0.05, 0.1) is 5.69 Å². The van der Waals surface area contributed by atoms with Crippen LogP contribution in [0.2, 0.25) is 0 Å². The number of imidazole rings is 1. The molecule has 0 N–H and O–H groups in total. The molecule has 1 rings (SSSR count). The Morgan fingerprint density at radius 1 is 1.67 bits per heavy atom. The molecule has 0 fully saturated rings. The van der Waals surface area contributed by atoms with Crippen molar-refractivity contribution in [2.75, 3.05) is 0 Å². The first-order valence-corrected chi connectivity index (χ1v) is 3.92. The lowest BCUT2D eigenvalue weighted by molar-refractivity contribution is 0.578. The second-order valence-electron chi connectivity index (χ2n) is 3.11. The van der Waals surface area contributed by atoms with E-state index in [1.54, 1.807) is 4.57 Å². The van der Waals surface area contributed by atoms with Crippen LogP contribution in [0, 0.1) is 6.92 Å². The molecular weight excluding hydrogens is 155 g/mol. The van der Waals surface area contributed by atoms with E-state index in [4.69, 9.17) is 0 Å². The zero-order valence-electron chi connectivity index (χ0n) is 7.63. The van der Waals surface area contributed by atoms with E-state index in [2.05, 4.69) is 11.6 Å². The first kappa shape index (κ1) is 8.97. The van der Waals surface area contributed by atoms with Gasteiger partial charge < -0.3 is 4.57 Å². The Balaban J connectivity index is 3.17. The number of hydrogen-bond donors (Lipinski definition) is 0. The molecule has 66 valence electrons. The molecule has 0 aliphatic carbocycles. The van der Waals surface area contributed by atoms with Crippen LogP contribution in [0.5, 0.6) is 0 Å². The summed E-state index contributed by atoms with van der Waals surface area (Å²) in [6.07, 6.45) is 1.82. The monoisotopic (exact) mass is 168 g/mol. The van der Waals surface area contributed by atoms with Crippen molar-refractivity contribution in [1.82, 2.24) is 9.55 Å². The third kappa shape index (κ3) is 1.55. The fourth-order valence-electron chi connectivity index (χ4n) is 1.11. The fourth-order valence-corrected chi connectivity index (χ4v) is 1.11. The molecule has 0 radical (unpaired) electrons. The maximum Gasteiger partial charge on any atom is 0.168 e. The van der Waals surface area contributed by atoms with Crippen LogP contribution in [-0.2, 0) is 0 Å². The first-order chi connectivity index (χ1) is 5.52. The minimum Gasteiger partial charge on any atom is -0.326 e. The van der Waals surface area contributed by atoms with Gasteiger partial charge in [-0.2, -0.15) is 0 Å². The Hall–Kier alpha value is -1.12. The first-order valence-electron chi connectivity index (χ1n) is 3.92. The quantitative estimate of drug-likeness (QED) is 0.663. The van der Waals surface area contributed by atoms with Crippen LogP contribution >= 0.6 is 0 Å². The van der Waals surface area contributed by atoms with Crippen LogP contribution < -0.4 is 0 Å². The molecule has 2 nitrogen and oxygen atoms in total. The smallest absolute Gasteiger partial charge is 0.168 e. The lowest BCUT2D eigenvalue weighted by Gasteiger charge is -2.08. The average molecular weight is 168 g/mol. The van der Waals surface area contributed by atoms with Crippen molar-refractivity contribution in [3.8, 4) is 0 Å². The van der Waals surface area contributed by atoms with Gasteiger partial charge in [-0.1, -0.05) is 6.58 Å². The van der Waals surface area contributed by atoms with Gasteiger partial charge in [0.1, 0.15) is 0 Å². The Kier molecular flexibility index (Phi) is 2.31. The second kappa shape index (κ2) is 3.09. The van der Waals surface area contributed by atoms with Gasteiger partial charge in [0.2, 0.25) is 0 Å². The number of aryl methyl sites for hydroxylation is 1. The maximum absolute atomic E-state index is 12.8. The van der Waals surface area contributed by atoms with E-state index in [1.165, 1.54) is 0 Å². The number of hydrogen-bond acceptors (Lipinski definition) is 1. The Labute approximate surface area is 71.7 Å². The van der Waals surface area contributed by atoms with Crippen LogP contribution in [0.15, 0.2) is 12.8 Å². The summed E-state index contributed by atoms with van der Waals surface area (Å²) in [4.78, 5) is 4.02. The molecule has 1 aromatic rings. The fraction of sp³-hybridized carbons (Fsp3) is 0.444. The van der Waals surface area contributed by atoms with Gasteiger partial charge in [-0.25, -0.2) is 9.37 Å². The molecule has 3 heteroatoms. The molecule has 0 amide bonds. The molecule has 0 saturated heterocycles. The molecule has 0 saturated carbocycles. The van der Waals surface area contributed by atoms with Crippen LogP contribution in [-0.4, -0.2) is 9.55 Å². The zero-order chi connectivity index (χ0) is 9.30. The van der Waals surface area contributed by atoms with Crippen molar-refractivity contribution in [2.45, 2.75) is 26.8 Å². The van der Waals surface area contributed by atoms with Crippen molar-refractivity contribution < 1.29 is 4.39 Å². The van der Waals surface area contributed by atoms with Gasteiger partial charge in [0.25, 0.3) is 0 Å². The summed E-state index contributed by atoms with van der Waals surface area (Å²) in [5.74, 6) is -0.140. The number of nitrogens with zero attached hydrogens (tertiary/aromatic N) is 2. The normalized spacial score (nSPS) is 10.8. The van der Waals surface area contributed by atoms with E-state index < -0.39 is 5.83 Å². The standard InChI is InChI=1S/C9H13FN2/c1-6(2)12-5-7(3)11-9(12)8(4)10/h5-6H,4H2,1-3H3. The third-order valence-corrected chi connectivity index (χ3v) is 1.65. The average Bonchev–Trinajstić information content (AvgIpc) is 2.31. The van der Waals surface area contributed by atoms with E-state index in [0.717, 1.165) is 5.69 Å². The number of halogens is 1. The minimum absolute atomic E-state index is 0.216. The third-order valence-electron chi connectivity index (χ3n) is 1.65. The van der Waals surface area contributed by atoms with E-state index in [9.17, 15) is 4.39 Å². The summed E-state index contributed by atoms with van der Waals surface area (Å²) in [7, 11) is 0. The highest BCUT2D eigenvalue weighted by Gasteiger charge is 2.10. The predicted molar refractivity (Wildman–Crippen MR) is 47.5 cm³/mol. The summed E-state index contributed by atoms with van der Waals surface area (Å²) in [6, 6.07) is 0.216. The van der Waals surface area contributed by atoms with Gasteiger partial charge in [-0.3, -0.25) is 0 Å². The number of aromatic nitrogens is 2. The Morgan fingerprint density at radius 2 is 2.25 bits per heavy atom. The van der Waals surface area contributed by atoms with Crippen molar-refractivity contribution in [3.63, 3.8) is 0 Å². The molecule has 1 heterocycles. The molecular formula is C9H13FN2. The summed E-state index contributed by atoms with van der Waals surface area (Å²) in [6.45, 7) is 9.03. The molecule has 0 unspecified atom stereocenters. The Morgan fingerprint density at radius 3 is 2.58 bits per heavy atom. The van der Waals surface area contributed by atoms with Gasteiger partial charge in [0, 0.05) is 12.2 Å². The van der Waals surface area contributed by atoms with Gasteiger partial charge in [-0.15, -0.1) is 0 Å². The van der Waals surface area contributed by atoms with E-state index in [0.29, 0.717) is 5.82 Å². The van der Waals surface area contributed by atoms with E-state index in [1.807, 2.05) is 27.0 Å². The largest absolute Gasteiger partial charge is 0.326 e. The lowest BCUT2D eigenvalue weighted by atomic mass is 10.4. The van der Waals surface area contributed by atoms with Crippen molar-refractivity contribution in [3.05, 3.63) is 24.3 Å². The van der Waals surface area contributed by atoms with Gasteiger partial charge in [0.15, 0.2) is 11.7 Å². The summed E-state index contributed by atoms with van der Waals surface area (Å²) in [5.41, 5.74) is 0.817. The second-order valence-corrected chi connectivity index (χ2v) is 3.11. The van der Waals surface area contributed by atoms with Gasteiger partial charge in [-0.05, 0) is 20.8 Å². The number of rotatable bonds is 2. The van der Waals surface area contributed by atoms with Crippen LogP contribution in [0.4, 0.5) is 4.39 Å². The molecule has 0 bridgehead atoms. The summed E-state index contributed by atoms with van der Waals surface area (Å²) in [5, 5.41) is 0. The molecule has 0 aliphatic rings. The van der Waals surface area contributed by atoms with Crippen molar-refractivity contribution in [2.24, 2.45) is 0 Å². The Bertz CT molecular complexity index is 299. The van der Waals surface area contributed by atoms with Crippen molar-refractivity contribution >= 4 is 5.83 Å². The molecule has 0 atom stereocenters.